The number of carboxylic acid groups (broad SMARTS) is 2. The third kappa shape index (κ3) is 5.44. The second-order valence-corrected chi connectivity index (χ2v) is 4.94. The van der Waals surface area contributed by atoms with Crippen molar-refractivity contribution in [3.8, 4) is 0 Å². The first kappa shape index (κ1) is 16.9. The average molecular weight is 289 g/mol. The van der Waals surface area contributed by atoms with E-state index in [0.717, 1.165) is 13.0 Å². The monoisotopic (exact) mass is 289 g/mol. The molecule has 1 saturated heterocycles. The molecule has 0 amide bonds. The summed E-state index contributed by atoms with van der Waals surface area (Å²) in [5.41, 5.74) is 0. The summed E-state index contributed by atoms with van der Waals surface area (Å²) >= 11 is 0. The second kappa shape index (κ2) is 8.89. The van der Waals surface area contributed by atoms with Crippen LogP contribution >= 0.6 is 0 Å². The quantitative estimate of drug-likeness (QED) is 0.583. The number of nitrogens with zero attached hydrogens (tertiary/aromatic N) is 1. The van der Waals surface area contributed by atoms with E-state index in [1.54, 1.807) is 7.11 Å². The summed E-state index contributed by atoms with van der Waals surface area (Å²) in [5.74, 6) is -3.64. The summed E-state index contributed by atoms with van der Waals surface area (Å²) in [5, 5.41) is 18.1. The Morgan fingerprint density at radius 3 is 2.45 bits per heavy atom. The van der Waals surface area contributed by atoms with Gasteiger partial charge in [0.2, 0.25) is 0 Å². The van der Waals surface area contributed by atoms with E-state index >= 15 is 0 Å². The Labute approximate surface area is 118 Å². The number of hydrogen-bond donors (Lipinski definition) is 2. The molecule has 1 rings (SSSR count). The van der Waals surface area contributed by atoms with Gasteiger partial charge in [0.15, 0.2) is 0 Å². The summed E-state index contributed by atoms with van der Waals surface area (Å²) in [7, 11) is 1.61. The standard InChI is InChI=1S/C13H23NO6/c1-19-7-8-20-6-2-4-14-5-3-10(12(15)16)11(9-14)13(17)18/h10-11H,2-9H2,1H3,(H,15,16)(H,17,18). The van der Waals surface area contributed by atoms with Gasteiger partial charge in [-0.1, -0.05) is 0 Å². The highest BCUT2D eigenvalue weighted by Gasteiger charge is 2.38. The number of carbonyl (C=O) groups is 2. The van der Waals surface area contributed by atoms with E-state index in [0.29, 0.717) is 39.3 Å². The smallest absolute Gasteiger partial charge is 0.308 e. The van der Waals surface area contributed by atoms with Gasteiger partial charge in [-0.25, -0.2) is 0 Å². The SMILES string of the molecule is COCCOCCCN1CCC(C(=O)O)C(C(=O)O)C1. The van der Waals surface area contributed by atoms with Gasteiger partial charge in [-0.15, -0.1) is 0 Å². The third-order valence-electron chi connectivity index (χ3n) is 3.53. The molecule has 0 saturated carbocycles. The molecule has 2 atom stereocenters. The summed E-state index contributed by atoms with van der Waals surface area (Å²) in [6.07, 6.45) is 1.19. The summed E-state index contributed by atoms with van der Waals surface area (Å²) in [6, 6.07) is 0. The van der Waals surface area contributed by atoms with Crippen LogP contribution in [0.2, 0.25) is 0 Å². The number of likely N-dealkylation sites (tertiary alicyclic amines) is 1. The van der Waals surface area contributed by atoms with Gasteiger partial charge in [0.25, 0.3) is 0 Å². The van der Waals surface area contributed by atoms with Crippen LogP contribution in [0.15, 0.2) is 0 Å². The maximum absolute atomic E-state index is 11.1. The first-order chi connectivity index (χ1) is 9.56. The lowest BCUT2D eigenvalue weighted by Crippen LogP contribution is -2.46. The van der Waals surface area contributed by atoms with Crippen molar-refractivity contribution in [2.75, 3.05) is 46.6 Å². The largest absolute Gasteiger partial charge is 0.481 e. The van der Waals surface area contributed by atoms with E-state index in [9.17, 15) is 9.59 Å². The van der Waals surface area contributed by atoms with E-state index in [1.807, 2.05) is 4.90 Å². The van der Waals surface area contributed by atoms with E-state index in [4.69, 9.17) is 19.7 Å². The number of piperidine rings is 1. The highest BCUT2D eigenvalue weighted by Crippen LogP contribution is 2.24. The summed E-state index contributed by atoms with van der Waals surface area (Å²) in [4.78, 5) is 24.2. The zero-order valence-electron chi connectivity index (χ0n) is 11.8. The van der Waals surface area contributed by atoms with Crippen molar-refractivity contribution >= 4 is 11.9 Å². The zero-order valence-corrected chi connectivity index (χ0v) is 11.8. The fourth-order valence-electron chi connectivity index (χ4n) is 2.40. The molecule has 0 aromatic rings. The van der Waals surface area contributed by atoms with Crippen LogP contribution in [0, 0.1) is 11.8 Å². The number of hydrogen-bond acceptors (Lipinski definition) is 5. The van der Waals surface area contributed by atoms with Crippen LogP contribution in [-0.4, -0.2) is 73.6 Å². The molecule has 1 aliphatic rings. The van der Waals surface area contributed by atoms with Crippen LogP contribution in [0.25, 0.3) is 0 Å². The van der Waals surface area contributed by atoms with Gasteiger partial charge < -0.3 is 24.6 Å². The topological polar surface area (TPSA) is 96.3 Å². The fourth-order valence-corrected chi connectivity index (χ4v) is 2.40. The predicted octanol–water partition coefficient (Wildman–Crippen LogP) is 0.147. The minimum atomic E-state index is -1.03. The number of aliphatic carboxylic acids is 2. The van der Waals surface area contributed by atoms with Crippen molar-refractivity contribution in [3.05, 3.63) is 0 Å². The third-order valence-corrected chi connectivity index (χ3v) is 3.53. The lowest BCUT2D eigenvalue weighted by Gasteiger charge is -2.34. The van der Waals surface area contributed by atoms with Gasteiger partial charge in [-0.2, -0.15) is 0 Å². The van der Waals surface area contributed by atoms with Crippen molar-refractivity contribution < 1.29 is 29.3 Å². The maximum Gasteiger partial charge on any atom is 0.308 e. The van der Waals surface area contributed by atoms with Gasteiger partial charge in [0, 0.05) is 26.8 Å². The molecule has 7 nitrogen and oxygen atoms in total. The number of carboxylic acids is 2. The van der Waals surface area contributed by atoms with Crippen molar-refractivity contribution in [1.82, 2.24) is 4.90 Å². The van der Waals surface area contributed by atoms with Crippen LogP contribution in [0.4, 0.5) is 0 Å². The van der Waals surface area contributed by atoms with Crippen molar-refractivity contribution in [2.45, 2.75) is 12.8 Å². The van der Waals surface area contributed by atoms with Crippen LogP contribution in [0.5, 0.6) is 0 Å². The van der Waals surface area contributed by atoms with Crippen molar-refractivity contribution in [3.63, 3.8) is 0 Å². The predicted molar refractivity (Wildman–Crippen MR) is 70.6 cm³/mol. The molecule has 7 heteroatoms. The maximum atomic E-state index is 11.1. The van der Waals surface area contributed by atoms with E-state index in [2.05, 4.69) is 0 Å². The summed E-state index contributed by atoms with van der Waals surface area (Å²) in [6.45, 7) is 3.35. The number of rotatable bonds is 9. The normalized spacial score (nSPS) is 23.6. The molecule has 0 spiro atoms. The van der Waals surface area contributed by atoms with Crippen LogP contribution in [-0.2, 0) is 19.1 Å². The Bertz CT molecular complexity index is 322. The van der Waals surface area contributed by atoms with Crippen molar-refractivity contribution in [1.29, 1.82) is 0 Å². The van der Waals surface area contributed by atoms with Gasteiger partial charge in [0.05, 0.1) is 25.0 Å². The Morgan fingerprint density at radius 2 is 1.85 bits per heavy atom. The number of ether oxygens (including phenoxy) is 2. The molecule has 1 fully saturated rings. The lowest BCUT2D eigenvalue weighted by atomic mass is 9.85. The first-order valence-corrected chi connectivity index (χ1v) is 6.81. The van der Waals surface area contributed by atoms with Crippen LogP contribution in [0.1, 0.15) is 12.8 Å². The number of methoxy groups -OCH3 is 1. The molecule has 2 unspecified atom stereocenters. The van der Waals surface area contributed by atoms with Gasteiger partial charge in [-0.3, -0.25) is 9.59 Å². The molecule has 0 aromatic heterocycles. The van der Waals surface area contributed by atoms with Gasteiger partial charge in [-0.05, 0) is 19.4 Å². The van der Waals surface area contributed by atoms with E-state index in [1.165, 1.54) is 0 Å². The minimum absolute atomic E-state index is 0.296. The minimum Gasteiger partial charge on any atom is -0.481 e. The first-order valence-electron chi connectivity index (χ1n) is 6.81. The molecule has 0 radical (unpaired) electrons. The van der Waals surface area contributed by atoms with Gasteiger partial charge >= 0.3 is 11.9 Å². The molecule has 1 aliphatic heterocycles. The summed E-state index contributed by atoms with van der Waals surface area (Å²) < 4.78 is 10.2. The molecular formula is C13H23NO6. The van der Waals surface area contributed by atoms with Gasteiger partial charge in [0.1, 0.15) is 0 Å². The average Bonchev–Trinajstić information content (AvgIpc) is 2.42. The molecule has 20 heavy (non-hydrogen) atoms. The van der Waals surface area contributed by atoms with E-state index in [-0.39, 0.29) is 0 Å². The Balaban J connectivity index is 2.28. The molecule has 0 aromatic carbocycles. The van der Waals surface area contributed by atoms with E-state index < -0.39 is 23.8 Å². The molecule has 0 aliphatic carbocycles. The highest BCUT2D eigenvalue weighted by molar-refractivity contribution is 5.80. The Hall–Kier alpha value is -1.18. The molecule has 116 valence electrons. The Kier molecular flexibility index (Phi) is 7.50. The molecule has 1 heterocycles. The van der Waals surface area contributed by atoms with Crippen LogP contribution < -0.4 is 0 Å². The second-order valence-electron chi connectivity index (χ2n) is 4.94. The Morgan fingerprint density at radius 1 is 1.15 bits per heavy atom. The van der Waals surface area contributed by atoms with Crippen molar-refractivity contribution in [2.24, 2.45) is 11.8 Å². The fraction of sp³-hybridized carbons (Fsp3) is 0.846. The molecule has 2 N–H and O–H groups in total. The molecule has 0 bridgehead atoms. The lowest BCUT2D eigenvalue weighted by molar-refractivity contribution is -0.157. The highest BCUT2D eigenvalue weighted by atomic mass is 16.5. The van der Waals surface area contributed by atoms with Crippen LogP contribution in [0.3, 0.4) is 0 Å². The zero-order chi connectivity index (χ0) is 15.0. The molecular weight excluding hydrogens is 266 g/mol.